The highest BCUT2D eigenvalue weighted by Crippen LogP contribution is 2.34. The van der Waals surface area contributed by atoms with Crippen molar-refractivity contribution in [1.82, 2.24) is 34.9 Å². The Bertz CT molecular complexity index is 1530. The fourth-order valence-electron chi connectivity index (χ4n) is 3.07. The van der Waals surface area contributed by atoms with Crippen molar-refractivity contribution in [3.63, 3.8) is 0 Å². The molecule has 0 saturated heterocycles. The molecule has 0 N–H and O–H groups in total. The Morgan fingerprint density at radius 1 is 1.06 bits per heavy atom. The zero-order valence-electron chi connectivity index (χ0n) is 18.9. The number of aromatic nitrogens is 7. The van der Waals surface area contributed by atoms with E-state index in [0.717, 1.165) is 27.3 Å². The molecule has 0 unspecified atom stereocenters. The van der Waals surface area contributed by atoms with Crippen LogP contribution in [0.2, 0.25) is 5.02 Å². The SMILES string of the molecule is CC.Cc1nc(-c2cncc(Cl)c2)sc1-c1ccc(=O)n(Cc2nc(-c3cncc(F)c3)no2)n1. The molecule has 0 aliphatic carbocycles. The summed E-state index contributed by atoms with van der Waals surface area (Å²) in [6.07, 6.45) is 5.73. The van der Waals surface area contributed by atoms with Crippen molar-refractivity contribution in [3.8, 4) is 32.5 Å². The third kappa shape index (κ3) is 5.47. The van der Waals surface area contributed by atoms with Gasteiger partial charge in [-0.15, -0.1) is 11.3 Å². The Hall–Kier alpha value is -3.83. The number of hydrogen-bond donors (Lipinski definition) is 0. The Morgan fingerprint density at radius 3 is 2.60 bits per heavy atom. The molecule has 5 aromatic heterocycles. The molecule has 0 aliphatic heterocycles. The average molecular weight is 512 g/mol. The molecule has 5 heterocycles. The van der Waals surface area contributed by atoms with Gasteiger partial charge in [-0.1, -0.05) is 30.6 Å². The number of rotatable bonds is 5. The molecule has 0 aliphatic rings. The standard InChI is InChI=1S/C21H13ClFN7O2S.C2H6/c1-11-19(33-21(26-11)13-4-14(22)8-24-7-13)16-2-3-18(31)30(28-16)10-17-27-20(29-32-17)12-5-15(23)9-25-6-12;1-2/h2-9H,10H2,1H3;1-2H3. The number of nitrogens with zero attached hydrogens (tertiary/aromatic N) is 7. The maximum atomic E-state index is 13.4. The minimum atomic E-state index is -0.516. The van der Waals surface area contributed by atoms with Gasteiger partial charge in [0.25, 0.3) is 5.56 Å². The van der Waals surface area contributed by atoms with Crippen LogP contribution in [0.25, 0.3) is 32.5 Å². The van der Waals surface area contributed by atoms with Gasteiger partial charge in [0.15, 0.2) is 0 Å². The minimum Gasteiger partial charge on any atom is -0.337 e. The first kappa shape index (κ1) is 24.3. The van der Waals surface area contributed by atoms with Gasteiger partial charge in [0.05, 0.1) is 21.8 Å². The molecule has 0 bridgehead atoms. The molecule has 5 rings (SSSR count). The van der Waals surface area contributed by atoms with Crippen molar-refractivity contribution >= 4 is 22.9 Å². The molecule has 0 aromatic carbocycles. The molecule has 5 aromatic rings. The lowest BCUT2D eigenvalue weighted by Crippen LogP contribution is -2.23. The lowest BCUT2D eigenvalue weighted by atomic mass is 10.3. The zero-order chi connectivity index (χ0) is 24.9. The summed E-state index contributed by atoms with van der Waals surface area (Å²) in [5, 5.41) is 9.54. The van der Waals surface area contributed by atoms with Gasteiger partial charge in [0.2, 0.25) is 11.7 Å². The predicted molar refractivity (Wildman–Crippen MR) is 131 cm³/mol. The quantitative estimate of drug-likeness (QED) is 0.322. The summed E-state index contributed by atoms with van der Waals surface area (Å²) in [6.45, 7) is 5.81. The van der Waals surface area contributed by atoms with Gasteiger partial charge in [-0.2, -0.15) is 10.1 Å². The molecule has 35 heavy (non-hydrogen) atoms. The molecule has 178 valence electrons. The molecule has 0 radical (unpaired) electrons. The van der Waals surface area contributed by atoms with E-state index < -0.39 is 5.82 Å². The summed E-state index contributed by atoms with van der Waals surface area (Å²) in [7, 11) is 0. The second-order valence-electron chi connectivity index (χ2n) is 6.94. The first-order valence-electron chi connectivity index (χ1n) is 10.6. The van der Waals surface area contributed by atoms with Crippen molar-refractivity contribution < 1.29 is 8.91 Å². The van der Waals surface area contributed by atoms with Gasteiger partial charge in [-0.3, -0.25) is 14.8 Å². The lowest BCUT2D eigenvalue weighted by Gasteiger charge is -2.03. The van der Waals surface area contributed by atoms with Gasteiger partial charge >= 0.3 is 0 Å². The van der Waals surface area contributed by atoms with Crippen molar-refractivity contribution in [2.45, 2.75) is 27.3 Å². The second kappa shape index (κ2) is 10.6. The predicted octanol–water partition coefficient (Wildman–Crippen LogP) is 5.05. The summed E-state index contributed by atoms with van der Waals surface area (Å²) >= 11 is 7.46. The first-order chi connectivity index (χ1) is 17.0. The van der Waals surface area contributed by atoms with Crippen molar-refractivity contribution in [1.29, 1.82) is 0 Å². The second-order valence-corrected chi connectivity index (χ2v) is 8.38. The van der Waals surface area contributed by atoms with Crippen LogP contribution in [0.4, 0.5) is 4.39 Å². The van der Waals surface area contributed by atoms with Gasteiger partial charge in [-0.05, 0) is 25.1 Å². The van der Waals surface area contributed by atoms with Gasteiger partial charge < -0.3 is 4.52 Å². The van der Waals surface area contributed by atoms with Crippen LogP contribution < -0.4 is 5.56 Å². The van der Waals surface area contributed by atoms with Gasteiger partial charge in [0.1, 0.15) is 23.1 Å². The molecular formula is C23H19ClFN7O2S. The van der Waals surface area contributed by atoms with E-state index in [-0.39, 0.29) is 23.8 Å². The Balaban J connectivity index is 0.00000141. The number of halogens is 2. The van der Waals surface area contributed by atoms with Gasteiger partial charge in [0, 0.05) is 35.8 Å². The van der Waals surface area contributed by atoms with E-state index in [9.17, 15) is 9.18 Å². The highest BCUT2D eigenvalue weighted by Gasteiger charge is 2.16. The molecule has 0 fully saturated rings. The number of hydrogen-bond acceptors (Lipinski definition) is 9. The number of pyridine rings is 2. The summed E-state index contributed by atoms with van der Waals surface area (Å²) in [5.41, 5.74) is 2.14. The fourth-order valence-corrected chi connectivity index (χ4v) is 4.25. The fraction of sp³-hybridized carbons (Fsp3) is 0.174. The summed E-state index contributed by atoms with van der Waals surface area (Å²) in [4.78, 5) is 29.9. The number of aryl methyl sites for hydroxylation is 1. The molecule has 12 heteroatoms. The van der Waals surface area contributed by atoms with Crippen LogP contribution in [-0.4, -0.2) is 34.9 Å². The highest BCUT2D eigenvalue weighted by atomic mass is 35.5. The molecule has 0 saturated carbocycles. The van der Waals surface area contributed by atoms with Crippen LogP contribution >= 0.6 is 22.9 Å². The maximum absolute atomic E-state index is 13.4. The largest absolute Gasteiger partial charge is 0.337 e. The van der Waals surface area contributed by atoms with E-state index in [1.54, 1.807) is 24.5 Å². The molecule has 0 atom stereocenters. The van der Waals surface area contributed by atoms with E-state index in [2.05, 4.69) is 30.2 Å². The monoisotopic (exact) mass is 511 g/mol. The van der Waals surface area contributed by atoms with Crippen LogP contribution in [0.3, 0.4) is 0 Å². The van der Waals surface area contributed by atoms with Crippen LogP contribution in [-0.2, 0) is 6.54 Å². The van der Waals surface area contributed by atoms with E-state index in [1.807, 2.05) is 20.8 Å². The Kier molecular flexibility index (Phi) is 7.37. The normalized spacial score (nSPS) is 10.7. The summed E-state index contributed by atoms with van der Waals surface area (Å²) in [6, 6.07) is 6.07. The van der Waals surface area contributed by atoms with Crippen molar-refractivity contribution in [2.24, 2.45) is 0 Å². The van der Waals surface area contributed by atoms with E-state index in [1.165, 1.54) is 34.3 Å². The smallest absolute Gasteiger partial charge is 0.267 e. The van der Waals surface area contributed by atoms with Crippen molar-refractivity contribution in [2.75, 3.05) is 0 Å². The third-order valence-corrected chi connectivity index (χ3v) is 6.00. The van der Waals surface area contributed by atoms with E-state index in [4.69, 9.17) is 16.1 Å². The van der Waals surface area contributed by atoms with Crippen LogP contribution in [0.15, 0.2) is 58.4 Å². The third-order valence-electron chi connectivity index (χ3n) is 4.56. The van der Waals surface area contributed by atoms with Gasteiger partial charge in [-0.25, -0.2) is 14.1 Å². The number of thiazole rings is 1. The van der Waals surface area contributed by atoms with Crippen LogP contribution in [0.1, 0.15) is 25.4 Å². The lowest BCUT2D eigenvalue weighted by molar-refractivity contribution is 0.363. The zero-order valence-corrected chi connectivity index (χ0v) is 20.5. The Labute approximate surface area is 208 Å². The molecular weight excluding hydrogens is 493 g/mol. The minimum absolute atomic E-state index is 0.0503. The average Bonchev–Trinajstić information content (AvgIpc) is 3.49. The summed E-state index contributed by atoms with van der Waals surface area (Å²) < 4.78 is 19.8. The highest BCUT2D eigenvalue weighted by molar-refractivity contribution is 7.18. The van der Waals surface area contributed by atoms with Crippen molar-refractivity contribution in [3.05, 3.63) is 81.8 Å². The Morgan fingerprint density at radius 2 is 1.83 bits per heavy atom. The molecule has 0 spiro atoms. The maximum Gasteiger partial charge on any atom is 0.267 e. The summed E-state index contributed by atoms with van der Waals surface area (Å²) in [5.74, 6) is -0.204. The van der Waals surface area contributed by atoms with E-state index in [0.29, 0.717) is 16.3 Å². The molecule has 9 nitrogen and oxygen atoms in total. The topological polar surface area (TPSA) is 112 Å². The van der Waals surface area contributed by atoms with E-state index >= 15 is 0 Å². The van der Waals surface area contributed by atoms with Crippen LogP contribution in [0, 0.1) is 12.7 Å². The first-order valence-corrected chi connectivity index (χ1v) is 11.8. The molecule has 0 amide bonds. The van der Waals surface area contributed by atoms with Crippen LogP contribution in [0.5, 0.6) is 0 Å².